The molecule has 2 aliphatic heterocycles. The number of aromatic hydroxyl groups is 2. The molecule has 0 unspecified atom stereocenters. The van der Waals surface area contributed by atoms with Crippen molar-refractivity contribution in [2.45, 2.75) is 45.6 Å². The van der Waals surface area contributed by atoms with Crippen molar-refractivity contribution in [3.05, 3.63) is 39.8 Å². The molecule has 3 N–H and O–H groups in total. The largest absolute Gasteiger partial charge is 0.507 e. The molecule has 0 bridgehead atoms. The minimum absolute atomic E-state index is 0.00972. The van der Waals surface area contributed by atoms with Crippen molar-refractivity contribution in [2.24, 2.45) is 0 Å². The van der Waals surface area contributed by atoms with Gasteiger partial charge >= 0.3 is 0 Å². The first-order chi connectivity index (χ1) is 14.8. The van der Waals surface area contributed by atoms with Gasteiger partial charge in [-0.1, -0.05) is 0 Å². The Morgan fingerprint density at radius 2 is 1.88 bits per heavy atom. The van der Waals surface area contributed by atoms with Crippen LogP contribution in [0.3, 0.4) is 0 Å². The summed E-state index contributed by atoms with van der Waals surface area (Å²) in [5.41, 5.74) is -1.70. The quantitative estimate of drug-likeness (QED) is 0.345. The van der Waals surface area contributed by atoms with Crippen LogP contribution in [0.5, 0.6) is 17.2 Å². The second-order valence-electron chi connectivity index (χ2n) is 8.63. The van der Waals surface area contributed by atoms with E-state index in [2.05, 4.69) is 5.32 Å². The van der Waals surface area contributed by atoms with Crippen molar-refractivity contribution in [1.29, 1.82) is 0 Å². The molecule has 1 saturated heterocycles. The maximum Gasteiger partial charge on any atom is 0.194 e. The molecule has 0 radical (unpaired) electrons. The number of Topliss-reactive ketones (excluding diaryl/α,β-unsaturated/α-hetero) is 2. The highest BCUT2D eigenvalue weighted by Crippen LogP contribution is 2.57. The Labute approximate surface area is 184 Å². The van der Waals surface area contributed by atoms with Crippen LogP contribution < -0.4 is 10.1 Å². The number of hydrogen-bond acceptors (Lipinski definition) is 9. The molecule has 0 spiro atoms. The minimum Gasteiger partial charge on any atom is -0.507 e. The van der Waals surface area contributed by atoms with Crippen LogP contribution in [0.2, 0.25) is 0 Å². The molecular weight excluding hydrogens is 438 g/mol. The first-order valence-corrected chi connectivity index (χ1v) is 11.9. The third-order valence-corrected chi connectivity index (χ3v) is 8.18. The van der Waals surface area contributed by atoms with Gasteiger partial charge in [-0.3, -0.25) is 14.4 Å². The zero-order valence-corrected chi connectivity index (χ0v) is 18.8. The summed E-state index contributed by atoms with van der Waals surface area (Å²) >= 11 is 0. The number of carbonyl (C=O) groups is 3. The average molecular weight is 461 g/mol. The predicted octanol–water partition coefficient (Wildman–Crippen LogP) is 1.35. The van der Waals surface area contributed by atoms with Crippen LogP contribution in [0, 0.1) is 6.92 Å². The normalized spacial score (nSPS) is 27.4. The average Bonchev–Trinajstić information content (AvgIpc) is 3.16. The third-order valence-electron chi connectivity index (χ3n) is 6.41. The third kappa shape index (κ3) is 2.96. The van der Waals surface area contributed by atoms with Gasteiger partial charge in [-0.05, 0) is 34.1 Å². The molecule has 9 nitrogen and oxygen atoms in total. The summed E-state index contributed by atoms with van der Waals surface area (Å²) in [5, 5.41) is 24.2. The monoisotopic (exact) mass is 461 g/mol. The van der Waals surface area contributed by atoms with E-state index in [4.69, 9.17) is 4.74 Å². The number of ketones is 3. The molecular formula is C22H23NO8S. The summed E-state index contributed by atoms with van der Waals surface area (Å²) in [6.07, 6.45) is 1.49. The van der Waals surface area contributed by atoms with Crippen LogP contribution >= 0.6 is 0 Å². The Bertz CT molecular complexity index is 1290. The van der Waals surface area contributed by atoms with Gasteiger partial charge in [0.1, 0.15) is 34.0 Å². The van der Waals surface area contributed by atoms with Crippen LogP contribution in [-0.4, -0.2) is 53.5 Å². The summed E-state index contributed by atoms with van der Waals surface area (Å²) in [6.45, 7) is 5.63. The number of allylic oxidation sites excluding steroid dienone is 4. The number of benzene rings is 1. The molecule has 2 heterocycles. The second kappa shape index (κ2) is 6.93. The summed E-state index contributed by atoms with van der Waals surface area (Å²) < 4.78 is 29.2. The van der Waals surface area contributed by atoms with Crippen LogP contribution in [0.25, 0.3) is 0 Å². The topological polar surface area (TPSA) is 147 Å². The zero-order valence-electron chi connectivity index (χ0n) is 18.0. The number of phenolic OH excluding ortho intramolecular Hbond substituents is 2. The zero-order chi connectivity index (χ0) is 23.7. The fourth-order valence-corrected chi connectivity index (χ4v) is 6.32. The lowest BCUT2D eigenvalue weighted by atomic mass is 9.70. The van der Waals surface area contributed by atoms with Crippen molar-refractivity contribution in [2.75, 3.05) is 11.5 Å². The van der Waals surface area contributed by atoms with E-state index in [-0.39, 0.29) is 51.0 Å². The number of hydrogen-bond donors (Lipinski definition) is 3. The minimum atomic E-state index is -3.17. The van der Waals surface area contributed by atoms with E-state index >= 15 is 0 Å². The van der Waals surface area contributed by atoms with Gasteiger partial charge in [-0.15, -0.1) is 0 Å². The number of fused-ring (bicyclic) bond motifs is 3. The number of sulfone groups is 1. The number of phenols is 2. The molecule has 1 fully saturated rings. The van der Waals surface area contributed by atoms with Gasteiger partial charge in [0.25, 0.3) is 0 Å². The summed E-state index contributed by atoms with van der Waals surface area (Å²) in [7, 11) is -3.17. The van der Waals surface area contributed by atoms with E-state index in [0.29, 0.717) is 6.42 Å². The molecule has 10 heteroatoms. The number of nitrogens with one attached hydrogen (secondary N) is 1. The predicted molar refractivity (Wildman–Crippen MR) is 113 cm³/mol. The summed E-state index contributed by atoms with van der Waals surface area (Å²) in [4.78, 5) is 38.7. The highest BCUT2D eigenvalue weighted by Gasteiger charge is 2.56. The lowest BCUT2D eigenvalue weighted by molar-refractivity contribution is -0.123. The first-order valence-electron chi connectivity index (χ1n) is 10.1. The standard InChI is InChI=1S/C22H23NO8S/c1-9-18(26)16(11(3)24)20-17(19(9)27)22(4)14(31-20)7-13(25)15(21(22)28)10(2)23-12-5-6-32(29,30)8-12/h7,12,23,26-27H,5-6,8H2,1-4H3/b15-10-/t12-,22-/m1/s1. The highest BCUT2D eigenvalue weighted by atomic mass is 32.2. The Kier molecular flexibility index (Phi) is 4.78. The molecule has 32 heavy (non-hydrogen) atoms. The van der Waals surface area contributed by atoms with Crippen LogP contribution in [-0.2, 0) is 24.8 Å². The second-order valence-corrected chi connectivity index (χ2v) is 10.9. The Morgan fingerprint density at radius 3 is 2.44 bits per heavy atom. The van der Waals surface area contributed by atoms with Gasteiger partial charge in [-0.25, -0.2) is 8.42 Å². The maximum atomic E-state index is 13.7. The van der Waals surface area contributed by atoms with E-state index < -0.39 is 50.1 Å². The highest BCUT2D eigenvalue weighted by molar-refractivity contribution is 7.91. The molecule has 3 aliphatic rings. The van der Waals surface area contributed by atoms with Gasteiger partial charge in [0.05, 0.1) is 22.6 Å². The molecule has 1 aliphatic carbocycles. The smallest absolute Gasteiger partial charge is 0.194 e. The number of rotatable bonds is 3. The van der Waals surface area contributed by atoms with E-state index in [1.807, 2.05) is 0 Å². The SMILES string of the molecule is CC(=O)c1c(O)c(C)c(O)c2c1OC1=CC(=O)/C(=C(\C)N[C@@H]3CCS(=O)(=O)C3)C(=O)[C@]12C. The van der Waals surface area contributed by atoms with E-state index in [9.17, 15) is 33.0 Å². The van der Waals surface area contributed by atoms with E-state index in [1.54, 1.807) is 0 Å². The molecule has 0 amide bonds. The van der Waals surface area contributed by atoms with E-state index in [0.717, 1.165) is 6.08 Å². The van der Waals surface area contributed by atoms with Gasteiger partial charge in [0, 0.05) is 23.4 Å². The molecule has 1 aromatic carbocycles. The molecule has 0 saturated carbocycles. The molecule has 0 aromatic heterocycles. The number of carbonyl (C=O) groups excluding carboxylic acids is 3. The molecule has 2 atom stereocenters. The van der Waals surface area contributed by atoms with Gasteiger partial charge < -0.3 is 20.3 Å². The van der Waals surface area contributed by atoms with Crippen molar-refractivity contribution in [3.8, 4) is 17.2 Å². The Morgan fingerprint density at radius 1 is 1.22 bits per heavy atom. The maximum absolute atomic E-state index is 13.7. The molecule has 1 aromatic rings. The molecule has 170 valence electrons. The van der Waals surface area contributed by atoms with E-state index in [1.165, 1.54) is 27.7 Å². The summed E-state index contributed by atoms with van der Waals surface area (Å²) in [6, 6.07) is -0.421. The Balaban J connectivity index is 1.87. The fourth-order valence-electron chi connectivity index (χ4n) is 4.65. The van der Waals surface area contributed by atoms with Crippen molar-refractivity contribution in [3.63, 3.8) is 0 Å². The lowest BCUT2D eigenvalue weighted by Crippen LogP contribution is -2.42. The van der Waals surface area contributed by atoms with Crippen LogP contribution in [0.4, 0.5) is 0 Å². The van der Waals surface area contributed by atoms with Gasteiger partial charge in [-0.2, -0.15) is 0 Å². The first kappa shape index (κ1) is 22.1. The Hall–Kier alpha value is -3.14. The fraction of sp³-hybridized carbons (Fsp3) is 0.409. The van der Waals surface area contributed by atoms with Crippen molar-refractivity contribution in [1.82, 2.24) is 5.32 Å². The van der Waals surface area contributed by atoms with Crippen LogP contribution in [0.15, 0.2) is 23.1 Å². The van der Waals surface area contributed by atoms with Gasteiger partial charge in [0.2, 0.25) is 0 Å². The number of ether oxygens (including phenoxy) is 1. The lowest BCUT2D eigenvalue weighted by Gasteiger charge is -2.29. The van der Waals surface area contributed by atoms with Gasteiger partial charge in [0.15, 0.2) is 27.2 Å². The van der Waals surface area contributed by atoms with Crippen LogP contribution in [0.1, 0.15) is 48.7 Å². The molecule has 4 rings (SSSR count). The van der Waals surface area contributed by atoms with Crippen molar-refractivity contribution < 1.29 is 37.8 Å². The van der Waals surface area contributed by atoms with Crippen molar-refractivity contribution >= 4 is 27.2 Å². The summed E-state index contributed by atoms with van der Waals surface area (Å²) in [5.74, 6) is -2.93.